The lowest BCUT2D eigenvalue weighted by Crippen LogP contribution is -2.51. The minimum Gasteiger partial charge on any atom is -0.491 e. The summed E-state index contributed by atoms with van der Waals surface area (Å²) in [5.74, 6) is -1.15. The predicted molar refractivity (Wildman–Crippen MR) is 102 cm³/mol. The van der Waals surface area contributed by atoms with Gasteiger partial charge in [-0.05, 0) is 42.3 Å². The number of halogens is 1. The molecule has 1 unspecified atom stereocenters. The van der Waals surface area contributed by atoms with Crippen LogP contribution < -0.4 is 10.1 Å². The van der Waals surface area contributed by atoms with Crippen LogP contribution in [0.2, 0.25) is 5.02 Å². The Bertz CT molecular complexity index is 793. The second kappa shape index (κ2) is 9.39. The first-order chi connectivity index (χ1) is 12.9. The van der Waals surface area contributed by atoms with Gasteiger partial charge in [0.05, 0.1) is 6.61 Å². The quantitative estimate of drug-likeness (QED) is 0.639. The Labute approximate surface area is 163 Å². The van der Waals surface area contributed by atoms with E-state index >= 15 is 0 Å². The van der Waals surface area contributed by atoms with Gasteiger partial charge in [0.2, 0.25) is 0 Å². The number of carbonyl (C=O) groups excluding carboxylic acids is 1. The van der Waals surface area contributed by atoms with Crippen LogP contribution in [0, 0.1) is 0 Å². The first-order valence-electron chi connectivity index (χ1n) is 8.46. The molecule has 2 aromatic rings. The van der Waals surface area contributed by atoms with E-state index in [1.54, 1.807) is 62.6 Å². The maximum Gasteiger partial charge on any atom is 0.334 e. The lowest BCUT2D eigenvalue weighted by Gasteiger charge is -2.30. The zero-order valence-electron chi connectivity index (χ0n) is 15.2. The van der Waals surface area contributed by atoms with Crippen LogP contribution in [0.4, 0.5) is 0 Å². The summed E-state index contributed by atoms with van der Waals surface area (Å²) in [7, 11) is 1.57. The molecule has 2 N–H and O–H groups in total. The van der Waals surface area contributed by atoms with Crippen molar-refractivity contribution in [2.24, 2.45) is 0 Å². The smallest absolute Gasteiger partial charge is 0.334 e. The molecule has 6 nitrogen and oxygen atoms in total. The van der Waals surface area contributed by atoms with Crippen molar-refractivity contribution in [1.82, 2.24) is 5.32 Å². The Morgan fingerprint density at radius 3 is 2.44 bits per heavy atom. The average Bonchev–Trinajstić information content (AvgIpc) is 2.67. The molecule has 27 heavy (non-hydrogen) atoms. The average molecular weight is 392 g/mol. The lowest BCUT2D eigenvalue weighted by atomic mass is 9.87. The van der Waals surface area contributed by atoms with Gasteiger partial charge in [-0.25, -0.2) is 4.79 Å². The van der Waals surface area contributed by atoms with E-state index in [-0.39, 0.29) is 6.42 Å². The summed E-state index contributed by atoms with van der Waals surface area (Å²) in [5.41, 5.74) is -0.810. The highest BCUT2D eigenvalue weighted by molar-refractivity contribution is 6.30. The zero-order chi connectivity index (χ0) is 19.9. The molecule has 0 aliphatic heterocycles. The standard InChI is InChI=1S/C20H22ClNO5/c1-3-20(19(24)25,15-7-9-16(21)10-8-15)22-18(23)14-5-4-6-17(13-14)27-12-11-26-2/h4-10,13H,3,11-12H2,1-2H3,(H,22,23)(H,24,25). The number of hydrogen-bond acceptors (Lipinski definition) is 4. The van der Waals surface area contributed by atoms with Gasteiger partial charge in [-0.1, -0.05) is 36.7 Å². The van der Waals surface area contributed by atoms with E-state index in [1.807, 2.05) is 0 Å². The summed E-state index contributed by atoms with van der Waals surface area (Å²) in [5, 5.41) is 13.0. The fourth-order valence-electron chi connectivity index (χ4n) is 2.66. The first-order valence-corrected chi connectivity index (χ1v) is 8.84. The van der Waals surface area contributed by atoms with Crippen LogP contribution in [0.25, 0.3) is 0 Å². The van der Waals surface area contributed by atoms with Crippen molar-refractivity contribution in [3.05, 3.63) is 64.7 Å². The number of benzene rings is 2. The molecule has 0 bridgehead atoms. The van der Waals surface area contributed by atoms with E-state index in [9.17, 15) is 14.7 Å². The molecule has 0 aliphatic carbocycles. The van der Waals surface area contributed by atoms with Gasteiger partial charge < -0.3 is 19.9 Å². The minimum absolute atomic E-state index is 0.166. The molecule has 0 radical (unpaired) electrons. The molecule has 2 aromatic carbocycles. The monoisotopic (exact) mass is 391 g/mol. The van der Waals surface area contributed by atoms with Crippen molar-refractivity contribution >= 4 is 23.5 Å². The number of nitrogens with one attached hydrogen (secondary N) is 1. The van der Waals surface area contributed by atoms with Crippen molar-refractivity contribution in [2.45, 2.75) is 18.9 Å². The fraction of sp³-hybridized carbons (Fsp3) is 0.300. The number of rotatable bonds is 9. The Morgan fingerprint density at radius 1 is 1.15 bits per heavy atom. The highest BCUT2D eigenvalue weighted by Crippen LogP contribution is 2.28. The van der Waals surface area contributed by atoms with Crippen molar-refractivity contribution in [3.8, 4) is 5.75 Å². The van der Waals surface area contributed by atoms with Gasteiger partial charge in [0, 0.05) is 17.7 Å². The first kappa shape index (κ1) is 20.7. The molecule has 0 aromatic heterocycles. The Morgan fingerprint density at radius 2 is 1.85 bits per heavy atom. The molecule has 0 spiro atoms. The van der Waals surface area contributed by atoms with Crippen LogP contribution in [0.15, 0.2) is 48.5 Å². The third-order valence-corrected chi connectivity index (χ3v) is 4.46. The highest BCUT2D eigenvalue weighted by atomic mass is 35.5. The molecule has 1 amide bonds. The van der Waals surface area contributed by atoms with Crippen molar-refractivity contribution in [3.63, 3.8) is 0 Å². The molecule has 144 valence electrons. The third kappa shape index (κ3) is 4.99. The molecular formula is C20H22ClNO5. The van der Waals surface area contributed by atoms with Crippen LogP contribution in [-0.2, 0) is 15.1 Å². The van der Waals surface area contributed by atoms with E-state index in [2.05, 4.69) is 5.32 Å². The molecule has 0 fully saturated rings. The van der Waals surface area contributed by atoms with Crippen molar-refractivity contribution < 1.29 is 24.2 Å². The molecule has 0 heterocycles. The van der Waals surface area contributed by atoms with E-state index in [1.165, 1.54) is 0 Å². The second-order valence-electron chi connectivity index (χ2n) is 5.89. The Balaban J connectivity index is 2.27. The Hall–Kier alpha value is -2.57. The largest absolute Gasteiger partial charge is 0.491 e. The van der Waals surface area contributed by atoms with Crippen LogP contribution in [-0.4, -0.2) is 37.3 Å². The maximum atomic E-state index is 12.8. The third-order valence-electron chi connectivity index (χ3n) is 4.21. The van der Waals surface area contributed by atoms with Gasteiger partial charge in [0.1, 0.15) is 12.4 Å². The van der Waals surface area contributed by atoms with E-state index < -0.39 is 17.4 Å². The minimum atomic E-state index is -1.56. The number of methoxy groups -OCH3 is 1. The molecule has 2 rings (SSSR count). The summed E-state index contributed by atoms with van der Waals surface area (Å²) in [6.45, 7) is 2.47. The number of carboxylic acid groups (broad SMARTS) is 1. The number of ether oxygens (including phenoxy) is 2. The summed E-state index contributed by atoms with van der Waals surface area (Å²) in [6.07, 6.45) is 0.166. The molecular weight excluding hydrogens is 370 g/mol. The van der Waals surface area contributed by atoms with E-state index in [4.69, 9.17) is 21.1 Å². The summed E-state index contributed by atoms with van der Waals surface area (Å²) in [4.78, 5) is 24.8. The van der Waals surface area contributed by atoms with E-state index in [0.29, 0.717) is 35.1 Å². The lowest BCUT2D eigenvalue weighted by molar-refractivity contribution is -0.145. The number of carbonyl (C=O) groups is 2. The number of aliphatic carboxylic acids is 1. The van der Waals surface area contributed by atoms with E-state index in [0.717, 1.165) is 0 Å². The van der Waals surface area contributed by atoms with Gasteiger partial charge in [0.25, 0.3) is 5.91 Å². The van der Waals surface area contributed by atoms with Crippen LogP contribution in [0.1, 0.15) is 29.3 Å². The molecule has 7 heteroatoms. The fourth-order valence-corrected chi connectivity index (χ4v) is 2.79. The molecule has 1 atom stereocenters. The maximum absolute atomic E-state index is 12.8. The topological polar surface area (TPSA) is 84.9 Å². The predicted octanol–water partition coefficient (Wildman–Crippen LogP) is 3.49. The second-order valence-corrected chi connectivity index (χ2v) is 6.33. The van der Waals surface area contributed by atoms with Gasteiger partial charge in [-0.15, -0.1) is 0 Å². The van der Waals surface area contributed by atoms with Gasteiger partial charge in [-0.3, -0.25) is 4.79 Å². The molecule has 0 saturated heterocycles. The van der Waals surface area contributed by atoms with Crippen LogP contribution in [0.5, 0.6) is 5.75 Å². The normalized spacial score (nSPS) is 12.9. The SMILES string of the molecule is CCC(NC(=O)c1cccc(OCCOC)c1)(C(=O)O)c1ccc(Cl)cc1. The Kier molecular flexibility index (Phi) is 7.21. The highest BCUT2D eigenvalue weighted by Gasteiger charge is 2.40. The zero-order valence-corrected chi connectivity index (χ0v) is 16.0. The van der Waals surface area contributed by atoms with Gasteiger partial charge in [-0.2, -0.15) is 0 Å². The summed E-state index contributed by atoms with van der Waals surface area (Å²) < 4.78 is 10.4. The van der Waals surface area contributed by atoms with Crippen molar-refractivity contribution in [1.29, 1.82) is 0 Å². The number of hydrogen-bond donors (Lipinski definition) is 2. The van der Waals surface area contributed by atoms with Crippen LogP contribution in [0.3, 0.4) is 0 Å². The van der Waals surface area contributed by atoms with Crippen LogP contribution >= 0.6 is 11.6 Å². The summed E-state index contributed by atoms with van der Waals surface area (Å²) in [6, 6.07) is 13.0. The summed E-state index contributed by atoms with van der Waals surface area (Å²) >= 11 is 5.90. The number of amides is 1. The number of carboxylic acids is 1. The van der Waals surface area contributed by atoms with Crippen molar-refractivity contribution in [2.75, 3.05) is 20.3 Å². The molecule has 0 saturated carbocycles. The molecule has 0 aliphatic rings. The van der Waals surface area contributed by atoms with Gasteiger partial charge in [0.15, 0.2) is 5.54 Å². The van der Waals surface area contributed by atoms with Gasteiger partial charge >= 0.3 is 5.97 Å².